The number of benzene rings is 2. The summed E-state index contributed by atoms with van der Waals surface area (Å²) in [6.45, 7) is 0.231. The van der Waals surface area contributed by atoms with Crippen molar-refractivity contribution in [2.24, 2.45) is 5.73 Å². The van der Waals surface area contributed by atoms with E-state index < -0.39 is 5.91 Å². The highest BCUT2D eigenvalue weighted by molar-refractivity contribution is 7.98. The van der Waals surface area contributed by atoms with Gasteiger partial charge in [-0.1, -0.05) is 24.3 Å². The van der Waals surface area contributed by atoms with Crippen molar-refractivity contribution in [1.29, 1.82) is 0 Å². The first-order valence-electron chi connectivity index (χ1n) is 8.86. The van der Waals surface area contributed by atoms with Crippen LogP contribution in [0.1, 0.15) is 11.1 Å². The largest absolute Gasteiger partial charge is 0.493 e. The maximum Gasteiger partial charge on any atom is 0.255 e. The van der Waals surface area contributed by atoms with Gasteiger partial charge in [0.25, 0.3) is 5.91 Å². The van der Waals surface area contributed by atoms with Gasteiger partial charge in [0.15, 0.2) is 18.1 Å². The van der Waals surface area contributed by atoms with Crippen LogP contribution in [0.15, 0.2) is 48.5 Å². The van der Waals surface area contributed by atoms with E-state index >= 15 is 0 Å². The Kier molecular flexibility index (Phi) is 9.04. The van der Waals surface area contributed by atoms with E-state index in [4.69, 9.17) is 15.2 Å². The Morgan fingerprint density at radius 3 is 2.72 bits per heavy atom. The molecule has 6 nitrogen and oxygen atoms in total. The normalized spacial score (nSPS) is 10.7. The first kappa shape index (κ1) is 22.3. The van der Waals surface area contributed by atoms with Gasteiger partial charge in [-0.25, -0.2) is 4.39 Å². The van der Waals surface area contributed by atoms with Crippen LogP contribution in [0.3, 0.4) is 0 Å². The van der Waals surface area contributed by atoms with Crippen LogP contribution in [0.5, 0.6) is 11.5 Å². The lowest BCUT2D eigenvalue weighted by Gasteiger charge is -2.10. The van der Waals surface area contributed by atoms with E-state index in [1.165, 1.54) is 19.3 Å². The second-order valence-corrected chi connectivity index (χ2v) is 7.04. The van der Waals surface area contributed by atoms with Crippen LogP contribution in [0, 0.1) is 5.82 Å². The molecule has 0 aliphatic carbocycles. The van der Waals surface area contributed by atoms with Gasteiger partial charge < -0.3 is 20.5 Å². The molecule has 0 atom stereocenters. The van der Waals surface area contributed by atoms with Crippen LogP contribution >= 0.6 is 11.8 Å². The second kappa shape index (κ2) is 11.8. The molecule has 0 fully saturated rings. The van der Waals surface area contributed by atoms with Crippen molar-refractivity contribution < 1.29 is 23.5 Å². The number of carbonyl (C=O) groups is 2. The van der Waals surface area contributed by atoms with E-state index in [2.05, 4.69) is 5.32 Å². The van der Waals surface area contributed by atoms with Crippen molar-refractivity contribution in [3.63, 3.8) is 0 Å². The lowest BCUT2D eigenvalue weighted by Crippen LogP contribution is -2.23. The smallest absolute Gasteiger partial charge is 0.255 e. The minimum absolute atomic E-state index is 0.214. The minimum Gasteiger partial charge on any atom is -0.493 e. The van der Waals surface area contributed by atoms with E-state index in [1.54, 1.807) is 54.2 Å². The third kappa shape index (κ3) is 7.87. The SMILES string of the molecule is COc1cc(/C=C/C(=O)NCCSCc2ccccc2F)ccc1OCC(N)=O. The highest BCUT2D eigenvalue weighted by atomic mass is 32.2. The summed E-state index contributed by atoms with van der Waals surface area (Å²) < 4.78 is 24.0. The van der Waals surface area contributed by atoms with Crippen LogP contribution in [0.4, 0.5) is 4.39 Å². The molecule has 2 rings (SSSR count). The van der Waals surface area contributed by atoms with E-state index in [9.17, 15) is 14.0 Å². The van der Waals surface area contributed by atoms with Crippen LogP contribution in [0.2, 0.25) is 0 Å². The molecule has 8 heteroatoms. The molecule has 0 heterocycles. The zero-order valence-electron chi connectivity index (χ0n) is 16.0. The first-order valence-corrected chi connectivity index (χ1v) is 10.0. The van der Waals surface area contributed by atoms with Gasteiger partial charge >= 0.3 is 0 Å². The van der Waals surface area contributed by atoms with E-state index in [0.29, 0.717) is 35.1 Å². The maximum absolute atomic E-state index is 13.5. The number of primary amides is 1. The van der Waals surface area contributed by atoms with Crippen molar-refractivity contribution in [2.75, 3.05) is 26.0 Å². The zero-order valence-corrected chi connectivity index (χ0v) is 16.8. The number of thioether (sulfide) groups is 1. The Labute approximate surface area is 173 Å². The minimum atomic E-state index is -0.584. The number of halogens is 1. The Morgan fingerprint density at radius 1 is 1.21 bits per heavy atom. The molecule has 0 saturated carbocycles. The molecule has 0 unspecified atom stereocenters. The van der Waals surface area contributed by atoms with Gasteiger partial charge in [0, 0.05) is 24.1 Å². The molecule has 2 amide bonds. The van der Waals surface area contributed by atoms with Gasteiger partial charge in [0.2, 0.25) is 5.91 Å². The summed E-state index contributed by atoms with van der Waals surface area (Å²) in [5, 5.41) is 2.78. The fraction of sp³-hybridized carbons (Fsp3) is 0.238. The number of nitrogens with two attached hydrogens (primary N) is 1. The van der Waals surface area contributed by atoms with Gasteiger partial charge in [-0.15, -0.1) is 0 Å². The fourth-order valence-electron chi connectivity index (χ4n) is 2.33. The van der Waals surface area contributed by atoms with Crippen molar-refractivity contribution in [1.82, 2.24) is 5.32 Å². The number of hydrogen-bond acceptors (Lipinski definition) is 5. The Morgan fingerprint density at radius 2 is 2.00 bits per heavy atom. The summed E-state index contributed by atoms with van der Waals surface area (Å²) in [7, 11) is 1.48. The molecule has 29 heavy (non-hydrogen) atoms. The first-order chi connectivity index (χ1) is 14.0. The van der Waals surface area contributed by atoms with E-state index in [0.717, 1.165) is 5.56 Å². The molecule has 0 aromatic heterocycles. The molecule has 2 aromatic rings. The summed E-state index contributed by atoms with van der Waals surface area (Å²) in [5.74, 6) is 1.02. The van der Waals surface area contributed by atoms with E-state index in [-0.39, 0.29) is 18.3 Å². The molecule has 0 spiro atoms. The highest BCUT2D eigenvalue weighted by Gasteiger charge is 2.06. The van der Waals surface area contributed by atoms with Gasteiger partial charge in [0.1, 0.15) is 5.82 Å². The second-order valence-electron chi connectivity index (χ2n) is 5.93. The number of nitrogens with one attached hydrogen (secondary N) is 1. The summed E-state index contributed by atoms with van der Waals surface area (Å²) in [4.78, 5) is 22.7. The topological polar surface area (TPSA) is 90.7 Å². The van der Waals surface area contributed by atoms with Crippen molar-refractivity contribution >= 4 is 29.7 Å². The summed E-state index contributed by atoms with van der Waals surface area (Å²) in [6, 6.07) is 11.7. The third-order valence-electron chi connectivity index (χ3n) is 3.75. The molecule has 0 saturated heterocycles. The predicted molar refractivity (Wildman–Crippen MR) is 112 cm³/mol. The summed E-state index contributed by atoms with van der Waals surface area (Å²) >= 11 is 1.55. The molecule has 0 aliphatic heterocycles. The number of methoxy groups -OCH3 is 1. The monoisotopic (exact) mass is 418 g/mol. The van der Waals surface area contributed by atoms with Gasteiger partial charge in [-0.3, -0.25) is 9.59 Å². The van der Waals surface area contributed by atoms with E-state index in [1.807, 2.05) is 0 Å². The molecular formula is C21H23FN2O4S. The maximum atomic E-state index is 13.5. The molecule has 2 aromatic carbocycles. The molecule has 154 valence electrons. The fourth-order valence-corrected chi connectivity index (χ4v) is 3.18. The molecule has 0 radical (unpaired) electrons. The lowest BCUT2D eigenvalue weighted by molar-refractivity contribution is -0.120. The lowest BCUT2D eigenvalue weighted by atomic mass is 10.2. The van der Waals surface area contributed by atoms with Crippen LogP contribution in [0.25, 0.3) is 6.08 Å². The zero-order chi connectivity index (χ0) is 21.1. The molecule has 0 aliphatic rings. The number of carbonyl (C=O) groups excluding carboxylic acids is 2. The Hall–Kier alpha value is -3.00. The molecule has 0 bridgehead atoms. The predicted octanol–water partition coefficient (Wildman–Crippen LogP) is 2.76. The number of rotatable bonds is 11. The summed E-state index contributed by atoms with van der Waals surface area (Å²) in [5.41, 5.74) is 6.45. The Bertz CT molecular complexity index is 874. The molecular weight excluding hydrogens is 395 g/mol. The third-order valence-corrected chi connectivity index (χ3v) is 4.75. The van der Waals surface area contributed by atoms with Crippen molar-refractivity contribution in [2.45, 2.75) is 5.75 Å². The Balaban J connectivity index is 1.76. The van der Waals surface area contributed by atoms with Gasteiger partial charge in [0.05, 0.1) is 7.11 Å². The number of amides is 2. The highest BCUT2D eigenvalue weighted by Crippen LogP contribution is 2.28. The van der Waals surface area contributed by atoms with Crippen LogP contribution in [-0.4, -0.2) is 37.8 Å². The summed E-state index contributed by atoms with van der Waals surface area (Å²) in [6.07, 6.45) is 3.06. The molecule has 3 N–H and O–H groups in total. The van der Waals surface area contributed by atoms with Crippen molar-refractivity contribution in [3.05, 3.63) is 65.5 Å². The quantitative estimate of drug-likeness (QED) is 0.433. The average molecular weight is 418 g/mol. The van der Waals surface area contributed by atoms with Gasteiger partial charge in [-0.05, 0) is 35.4 Å². The van der Waals surface area contributed by atoms with Crippen LogP contribution < -0.4 is 20.5 Å². The average Bonchev–Trinajstić information content (AvgIpc) is 2.71. The van der Waals surface area contributed by atoms with Gasteiger partial charge in [-0.2, -0.15) is 11.8 Å². The van der Waals surface area contributed by atoms with Crippen molar-refractivity contribution in [3.8, 4) is 11.5 Å². The standard InChI is InChI=1S/C21H23FN2O4S/c1-27-19-12-15(6-8-18(19)28-13-20(23)25)7-9-21(26)24-10-11-29-14-16-4-2-3-5-17(16)22/h2-9,12H,10-11,13-14H2,1H3,(H2,23,25)(H,24,26)/b9-7+. The number of hydrogen-bond donors (Lipinski definition) is 2. The number of ether oxygens (including phenoxy) is 2. The van der Waals surface area contributed by atoms with Crippen LogP contribution in [-0.2, 0) is 15.3 Å².